The third-order valence-electron chi connectivity index (χ3n) is 6.84. The Morgan fingerprint density at radius 3 is 2.54 bits per heavy atom. The van der Waals surface area contributed by atoms with Gasteiger partial charge >= 0.3 is 0 Å². The second-order valence-corrected chi connectivity index (χ2v) is 11.0. The average Bonchev–Trinajstić information content (AvgIpc) is 3.19. The Hall–Kier alpha value is -3.05. The van der Waals surface area contributed by atoms with Gasteiger partial charge in [0.05, 0.1) is 23.1 Å². The Morgan fingerprint density at radius 2 is 1.84 bits per heavy atom. The maximum absolute atomic E-state index is 13.8. The second kappa shape index (κ2) is 10.7. The number of fused-ring (bicyclic) bond motifs is 1. The lowest BCUT2D eigenvalue weighted by Gasteiger charge is -2.35. The van der Waals surface area contributed by atoms with Crippen LogP contribution < -0.4 is 10.5 Å². The van der Waals surface area contributed by atoms with Crippen LogP contribution >= 0.6 is 24.0 Å². The van der Waals surface area contributed by atoms with Crippen molar-refractivity contribution in [2.75, 3.05) is 44.2 Å². The van der Waals surface area contributed by atoms with Gasteiger partial charge in [-0.3, -0.25) is 23.8 Å². The molecular formula is C27H29N5O3S2. The van der Waals surface area contributed by atoms with Gasteiger partial charge in [0.2, 0.25) is 0 Å². The monoisotopic (exact) mass is 535 g/mol. The summed E-state index contributed by atoms with van der Waals surface area (Å²) in [5.74, 6) is 0.359. The van der Waals surface area contributed by atoms with Gasteiger partial charge in [-0.25, -0.2) is 4.98 Å². The maximum atomic E-state index is 13.8. The van der Waals surface area contributed by atoms with Crippen LogP contribution in [-0.2, 0) is 4.79 Å². The number of aliphatic hydroxyl groups is 1. The van der Waals surface area contributed by atoms with Crippen LogP contribution in [0.15, 0.2) is 58.4 Å². The fourth-order valence-electron chi connectivity index (χ4n) is 4.76. The number of piperazine rings is 1. The van der Waals surface area contributed by atoms with Crippen molar-refractivity contribution < 1.29 is 9.90 Å². The molecule has 2 fully saturated rings. The van der Waals surface area contributed by atoms with Crippen molar-refractivity contribution in [3.8, 4) is 0 Å². The second-order valence-electron chi connectivity index (χ2n) is 9.28. The fraction of sp³-hybridized carbons (Fsp3) is 0.333. The van der Waals surface area contributed by atoms with Crippen molar-refractivity contribution in [2.45, 2.75) is 19.9 Å². The molecule has 3 aromatic rings. The maximum Gasteiger partial charge on any atom is 0.267 e. The van der Waals surface area contributed by atoms with E-state index in [4.69, 9.17) is 17.2 Å². The number of carbonyl (C=O) groups excluding carboxylic acids is 1. The number of aromatic nitrogens is 2. The van der Waals surface area contributed by atoms with Gasteiger partial charge in [0, 0.05) is 38.9 Å². The van der Waals surface area contributed by atoms with E-state index in [0.717, 1.165) is 24.2 Å². The summed E-state index contributed by atoms with van der Waals surface area (Å²) in [7, 11) is 0. The number of anilines is 1. The number of benzene rings is 1. The minimum absolute atomic E-state index is 0.115. The molecule has 2 aromatic heterocycles. The summed E-state index contributed by atoms with van der Waals surface area (Å²) >= 11 is 6.82. The Balaban J connectivity index is 1.55. The van der Waals surface area contributed by atoms with Crippen LogP contribution in [0.25, 0.3) is 11.7 Å². The molecule has 0 aliphatic carbocycles. The molecule has 5 rings (SSSR count). The summed E-state index contributed by atoms with van der Waals surface area (Å²) in [5, 5.41) is 9.29. The van der Waals surface area contributed by atoms with E-state index >= 15 is 0 Å². The number of pyridine rings is 1. The Morgan fingerprint density at radius 1 is 1.11 bits per heavy atom. The quantitative estimate of drug-likeness (QED) is 0.381. The van der Waals surface area contributed by atoms with Crippen LogP contribution in [0.4, 0.5) is 5.82 Å². The minimum atomic E-state index is -0.225. The molecule has 2 saturated heterocycles. The van der Waals surface area contributed by atoms with Crippen molar-refractivity contribution in [3.05, 3.63) is 80.6 Å². The van der Waals surface area contributed by atoms with E-state index in [1.165, 1.54) is 11.8 Å². The summed E-state index contributed by atoms with van der Waals surface area (Å²) in [6.45, 7) is 7.46. The number of hydrogen-bond acceptors (Lipinski definition) is 8. The summed E-state index contributed by atoms with van der Waals surface area (Å²) in [6.07, 6.45) is 3.43. The molecule has 1 aromatic carbocycles. The Labute approximate surface area is 225 Å². The summed E-state index contributed by atoms with van der Waals surface area (Å²) in [4.78, 5) is 38.5. The number of hydrogen-bond donors (Lipinski definition) is 1. The number of aliphatic hydroxyl groups excluding tert-OH is 1. The van der Waals surface area contributed by atoms with Crippen molar-refractivity contribution in [1.29, 1.82) is 0 Å². The zero-order valence-electron chi connectivity index (χ0n) is 20.8. The molecule has 10 heteroatoms. The normalized spacial score (nSPS) is 18.8. The predicted molar refractivity (Wildman–Crippen MR) is 152 cm³/mol. The van der Waals surface area contributed by atoms with Gasteiger partial charge in [0.1, 0.15) is 15.8 Å². The highest BCUT2D eigenvalue weighted by Gasteiger charge is 2.36. The number of amides is 1. The molecule has 0 spiro atoms. The summed E-state index contributed by atoms with van der Waals surface area (Å²) in [6, 6.07) is 13.3. The smallest absolute Gasteiger partial charge is 0.267 e. The van der Waals surface area contributed by atoms with E-state index in [1.807, 2.05) is 56.3 Å². The molecule has 37 heavy (non-hydrogen) atoms. The van der Waals surface area contributed by atoms with Crippen LogP contribution in [-0.4, -0.2) is 73.8 Å². The number of β-amino-alcohol motifs (C(OH)–C–C–N with tert-alkyl or cyclic N) is 1. The topological polar surface area (TPSA) is 81.4 Å². The van der Waals surface area contributed by atoms with Gasteiger partial charge in [-0.05, 0) is 37.1 Å². The predicted octanol–water partition coefficient (Wildman–Crippen LogP) is 3.08. The van der Waals surface area contributed by atoms with E-state index in [0.29, 0.717) is 45.9 Å². The first-order chi connectivity index (χ1) is 17.9. The number of thiocarbonyl (C=S) groups is 1. The number of nitrogens with zero attached hydrogens (tertiary/aromatic N) is 5. The van der Waals surface area contributed by atoms with Crippen molar-refractivity contribution >= 4 is 51.7 Å². The van der Waals surface area contributed by atoms with Crippen molar-refractivity contribution in [3.63, 3.8) is 0 Å². The van der Waals surface area contributed by atoms with E-state index in [2.05, 4.69) is 9.80 Å². The summed E-state index contributed by atoms with van der Waals surface area (Å²) < 4.78 is 2.01. The van der Waals surface area contributed by atoms with E-state index < -0.39 is 0 Å². The van der Waals surface area contributed by atoms with Gasteiger partial charge in [0.25, 0.3) is 11.5 Å². The molecule has 4 heterocycles. The zero-order chi connectivity index (χ0) is 26.1. The average molecular weight is 536 g/mol. The highest BCUT2D eigenvalue weighted by Crippen LogP contribution is 2.38. The van der Waals surface area contributed by atoms with Gasteiger partial charge < -0.3 is 10.0 Å². The number of aryl methyl sites for hydroxylation is 1. The molecule has 2 aliphatic heterocycles. The van der Waals surface area contributed by atoms with Gasteiger partial charge in [-0.2, -0.15) is 0 Å². The molecule has 1 amide bonds. The highest BCUT2D eigenvalue weighted by molar-refractivity contribution is 8.26. The van der Waals surface area contributed by atoms with Crippen molar-refractivity contribution in [2.24, 2.45) is 0 Å². The minimum Gasteiger partial charge on any atom is -0.395 e. The zero-order valence-corrected chi connectivity index (χ0v) is 22.5. The summed E-state index contributed by atoms with van der Waals surface area (Å²) in [5.41, 5.74) is 2.65. The van der Waals surface area contributed by atoms with E-state index in [9.17, 15) is 14.7 Å². The third kappa shape index (κ3) is 5.06. The van der Waals surface area contributed by atoms with Crippen LogP contribution in [0.1, 0.15) is 29.7 Å². The van der Waals surface area contributed by atoms with Gasteiger partial charge in [0.15, 0.2) is 0 Å². The fourth-order valence-corrected chi connectivity index (χ4v) is 6.16. The lowest BCUT2D eigenvalue weighted by atomic mass is 10.1. The third-order valence-corrected chi connectivity index (χ3v) is 8.17. The number of carbonyl (C=O) groups is 1. The molecule has 0 saturated carbocycles. The van der Waals surface area contributed by atoms with Crippen LogP contribution in [0.3, 0.4) is 0 Å². The largest absolute Gasteiger partial charge is 0.395 e. The first-order valence-electron chi connectivity index (χ1n) is 12.3. The molecule has 8 nitrogen and oxygen atoms in total. The number of rotatable bonds is 6. The highest BCUT2D eigenvalue weighted by atomic mass is 32.2. The van der Waals surface area contributed by atoms with Crippen molar-refractivity contribution in [1.82, 2.24) is 19.2 Å². The molecular weight excluding hydrogens is 506 g/mol. The lowest BCUT2D eigenvalue weighted by Crippen LogP contribution is -2.48. The van der Waals surface area contributed by atoms with Crippen LogP contribution in [0.5, 0.6) is 0 Å². The van der Waals surface area contributed by atoms with Crippen LogP contribution in [0, 0.1) is 6.92 Å². The molecule has 2 aliphatic rings. The molecule has 0 unspecified atom stereocenters. The van der Waals surface area contributed by atoms with E-state index in [1.54, 1.807) is 21.6 Å². The SMILES string of the molecule is Cc1ccc2nc(N3CCN(CCO)CC3)c(/C=C3\SC(=S)N([C@@H](C)c4ccccc4)C3=O)c(=O)n2c1. The molecule has 1 atom stereocenters. The first kappa shape index (κ1) is 25.6. The number of thioether (sulfide) groups is 1. The molecule has 1 N–H and O–H groups in total. The Kier molecular flexibility index (Phi) is 7.43. The standard InChI is InChI=1S/C27H29N5O3S2/c1-18-8-9-23-28-24(30-12-10-29(11-13-30)14-15-33)21(25(34)31(23)17-18)16-22-26(35)32(27(36)37-22)19(2)20-6-4-3-5-7-20/h3-9,16-17,19,33H,10-15H2,1-2H3/b22-16-/t19-/m0/s1. The lowest BCUT2D eigenvalue weighted by molar-refractivity contribution is -0.123. The van der Waals surface area contributed by atoms with Gasteiger partial charge in [-0.15, -0.1) is 0 Å². The molecule has 0 bridgehead atoms. The molecule has 0 radical (unpaired) electrons. The van der Waals surface area contributed by atoms with E-state index in [-0.39, 0.29) is 24.1 Å². The molecule has 192 valence electrons. The Bertz CT molecular complexity index is 1430. The van der Waals surface area contributed by atoms with Gasteiger partial charge in [-0.1, -0.05) is 60.4 Å². The van der Waals surface area contributed by atoms with Crippen LogP contribution in [0.2, 0.25) is 0 Å². The first-order valence-corrected chi connectivity index (χ1v) is 13.5.